The van der Waals surface area contributed by atoms with Crippen molar-refractivity contribution in [2.24, 2.45) is 5.92 Å². The van der Waals surface area contributed by atoms with Gasteiger partial charge in [0, 0.05) is 0 Å². The van der Waals surface area contributed by atoms with Gasteiger partial charge in [-0.15, -0.1) is 0 Å². The number of benzene rings is 1. The highest BCUT2D eigenvalue weighted by molar-refractivity contribution is 5.88. The molecule has 2 atom stereocenters. The molecule has 0 aliphatic rings. The summed E-state index contributed by atoms with van der Waals surface area (Å²) in [7, 11) is 2.41. The monoisotopic (exact) mass is 351 g/mol. The Morgan fingerprint density at radius 2 is 1.56 bits per heavy atom. The largest absolute Gasteiger partial charge is 0.469 e. The number of hydrogen-bond donors (Lipinski definition) is 1. The summed E-state index contributed by atoms with van der Waals surface area (Å²) in [6.45, 7) is 5.09. The molecule has 0 fully saturated rings. The summed E-state index contributed by atoms with van der Waals surface area (Å²) in [5.41, 5.74) is 0.0723. The van der Waals surface area contributed by atoms with Crippen LogP contribution in [0.3, 0.4) is 0 Å². The molecule has 1 aromatic carbocycles. The van der Waals surface area contributed by atoms with Gasteiger partial charge in [0.05, 0.1) is 20.1 Å². The molecule has 0 unspecified atom stereocenters. The molecule has 0 aliphatic heterocycles. The number of hydrogen-bond acceptors (Lipinski definition) is 6. The highest BCUT2D eigenvalue weighted by Gasteiger charge is 2.37. The van der Waals surface area contributed by atoms with Gasteiger partial charge in [-0.3, -0.25) is 4.79 Å². The van der Waals surface area contributed by atoms with Crippen LogP contribution in [0.5, 0.6) is 0 Å². The van der Waals surface area contributed by atoms with Gasteiger partial charge in [-0.1, -0.05) is 30.3 Å². The highest BCUT2D eigenvalue weighted by atomic mass is 16.6. The lowest BCUT2D eigenvalue weighted by Gasteiger charge is -2.26. The Balaban J connectivity index is 3.06. The minimum absolute atomic E-state index is 0.197. The molecule has 1 N–H and O–H groups in total. The Morgan fingerprint density at radius 3 is 2.04 bits per heavy atom. The number of carbonyl (C=O) groups excluding carboxylic acids is 3. The Kier molecular flexibility index (Phi) is 7.42. The van der Waals surface area contributed by atoms with E-state index in [9.17, 15) is 14.4 Å². The Labute approximate surface area is 147 Å². The lowest BCUT2D eigenvalue weighted by atomic mass is 9.92. The first-order valence-electron chi connectivity index (χ1n) is 7.87. The Hall–Kier alpha value is -2.57. The minimum Gasteiger partial charge on any atom is -0.469 e. The van der Waals surface area contributed by atoms with Crippen molar-refractivity contribution in [2.75, 3.05) is 14.2 Å². The Bertz CT molecular complexity index is 593. The maximum Gasteiger partial charge on any atom is 0.408 e. The van der Waals surface area contributed by atoms with Crippen LogP contribution >= 0.6 is 0 Å². The van der Waals surface area contributed by atoms with Crippen molar-refractivity contribution < 1.29 is 28.6 Å². The normalized spacial score (nSPS) is 13.3. The molecule has 0 spiro atoms. The zero-order chi connectivity index (χ0) is 19.0. The van der Waals surface area contributed by atoms with Gasteiger partial charge < -0.3 is 19.5 Å². The lowest BCUT2D eigenvalue weighted by molar-refractivity contribution is -0.154. The van der Waals surface area contributed by atoms with Crippen molar-refractivity contribution in [3.05, 3.63) is 35.9 Å². The number of rotatable bonds is 6. The van der Waals surface area contributed by atoms with E-state index >= 15 is 0 Å². The van der Waals surface area contributed by atoms with E-state index in [1.165, 1.54) is 14.2 Å². The van der Waals surface area contributed by atoms with Crippen LogP contribution in [0.2, 0.25) is 0 Å². The summed E-state index contributed by atoms with van der Waals surface area (Å²) in [6.07, 6.45) is -0.617. The molecular formula is C18H25NO6. The van der Waals surface area contributed by atoms with Gasteiger partial charge in [0.1, 0.15) is 11.6 Å². The molecule has 0 aromatic heterocycles. The summed E-state index contributed by atoms with van der Waals surface area (Å²) in [5, 5.41) is 2.42. The van der Waals surface area contributed by atoms with E-state index in [1.807, 2.05) is 30.3 Å². The fourth-order valence-electron chi connectivity index (χ4n) is 2.24. The van der Waals surface area contributed by atoms with E-state index in [0.717, 1.165) is 5.56 Å². The van der Waals surface area contributed by atoms with E-state index in [-0.39, 0.29) is 6.42 Å². The molecule has 0 saturated carbocycles. The first-order chi connectivity index (χ1) is 11.7. The molecule has 0 heterocycles. The first kappa shape index (κ1) is 20.5. The third kappa shape index (κ3) is 6.82. The topological polar surface area (TPSA) is 90.9 Å². The summed E-state index contributed by atoms with van der Waals surface area (Å²) >= 11 is 0. The van der Waals surface area contributed by atoms with E-state index in [2.05, 4.69) is 5.32 Å². The van der Waals surface area contributed by atoms with Crippen LogP contribution in [0.1, 0.15) is 26.3 Å². The standard InChI is InChI=1S/C18H25NO6/c1-18(2,3)25-17(22)19-14(16(21)24-5)13(15(20)23-4)11-12-9-7-6-8-10-12/h6-10,13-14H,11H2,1-5H3,(H,19,22)/t13-,14+/m0/s1. The quantitative estimate of drug-likeness (QED) is 0.623. The highest BCUT2D eigenvalue weighted by Crippen LogP contribution is 2.17. The van der Waals surface area contributed by atoms with Crippen LogP contribution in [0.15, 0.2) is 30.3 Å². The van der Waals surface area contributed by atoms with Gasteiger partial charge >= 0.3 is 18.0 Å². The van der Waals surface area contributed by atoms with E-state index in [1.54, 1.807) is 20.8 Å². The molecule has 7 nitrogen and oxygen atoms in total. The van der Waals surface area contributed by atoms with Crippen molar-refractivity contribution in [2.45, 2.75) is 38.8 Å². The average molecular weight is 351 g/mol. The maximum atomic E-state index is 12.2. The van der Waals surface area contributed by atoms with Crippen LogP contribution < -0.4 is 5.32 Å². The van der Waals surface area contributed by atoms with Gasteiger partial charge in [0.2, 0.25) is 0 Å². The molecule has 0 saturated heterocycles. The second kappa shape index (κ2) is 9.05. The fraction of sp³-hybridized carbons (Fsp3) is 0.500. The van der Waals surface area contributed by atoms with Gasteiger partial charge in [0.15, 0.2) is 0 Å². The molecule has 0 bridgehead atoms. The molecule has 1 rings (SSSR count). The van der Waals surface area contributed by atoms with Crippen LogP contribution in [0.4, 0.5) is 4.79 Å². The number of alkyl carbamates (subject to hydrolysis) is 1. The molecule has 7 heteroatoms. The zero-order valence-corrected chi connectivity index (χ0v) is 15.2. The summed E-state index contributed by atoms with van der Waals surface area (Å²) < 4.78 is 14.7. The lowest BCUT2D eigenvalue weighted by Crippen LogP contribution is -2.51. The van der Waals surface area contributed by atoms with Crippen molar-refractivity contribution in [1.82, 2.24) is 5.32 Å². The molecule has 138 valence electrons. The third-order valence-electron chi connectivity index (χ3n) is 3.33. The third-order valence-corrected chi connectivity index (χ3v) is 3.33. The number of esters is 2. The molecule has 25 heavy (non-hydrogen) atoms. The van der Waals surface area contributed by atoms with E-state index < -0.39 is 35.6 Å². The van der Waals surface area contributed by atoms with Gasteiger partial charge in [-0.25, -0.2) is 9.59 Å². The van der Waals surface area contributed by atoms with Gasteiger partial charge in [-0.05, 0) is 32.8 Å². The number of carbonyl (C=O) groups is 3. The zero-order valence-electron chi connectivity index (χ0n) is 15.2. The predicted molar refractivity (Wildman–Crippen MR) is 90.8 cm³/mol. The first-order valence-corrected chi connectivity index (χ1v) is 7.87. The van der Waals surface area contributed by atoms with Crippen molar-refractivity contribution in [3.8, 4) is 0 Å². The smallest absolute Gasteiger partial charge is 0.408 e. The molecule has 0 radical (unpaired) electrons. The SMILES string of the molecule is COC(=O)[C@@H](Cc1ccccc1)[C@@H](NC(=O)OC(C)(C)C)C(=O)OC. The van der Waals surface area contributed by atoms with Crippen molar-refractivity contribution >= 4 is 18.0 Å². The van der Waals surface area contributed by atoms with Crippen LogP contribution in [0, 0.1) is 5.92 Å². The van der Waals surface area contributed by atoms with Crippen LogP contribution in [-0.2, 0) is 30.2 Å². The van der Waals surface area contributed by atoms with Gasteiger partial charge in [-0.2, -0.15) is 0 Å². The fourth-order valence-corrected chi connectivity index (χ4v) is 2.24. The number of nitrogens with one attached hydrogen (secondary N) is 1. The number of amides is 1. The van der Waals surface area contributed by atoms with E-state index in [4.69, 9.17) is 14.2 Å². The second-order valence-electron chi connectivity index (χ2n) is 6.47. The molecule has 1 aromatic rings. The van der Waals surface area contributed by atoms with Crippen LogP contribution in [0.25, 0.3) is 0 Å². The van der Waals surface area contributed by atoms with E-state index in [0.29, 0.717) is 0 Å². The molecular weight excluding hydrogens is 326 g/mol. The summed E-state index contributed by atoms with van der Waals surface area (Å²) in [4.78, 5) is 36.5. The van der Waals surface area contributed by atoms with Crippen molar-refractivity contribution in [3.63, 3.8) is 0 Å². The average Bonchev–Trinajstić information content (AvgIpc) is 2.55. The van der Waals surface area contributed by atoms with Gasteiger partial charge in [0.25, 0.3) is 0 Å². The summed E-state index contributed by atoms with van der Waals surface area (Å²) in [5.74, 6) is -2.33. The molecule has 1 amide bonds. The maximum absolute atomic E-state index is 12.2. The summed E-state index contributed by atoms with van der Waals surface area (Å²) in [6, 6.07) is 7.88. The minimum atomic E-state index is -1.23. The van der Waals surface area contributed by atoms with Crippen LogP contribution in [-0.4, -0.2) is 43.9 Å². The second-order valence-corrected chi connectivity index (χ2v) is 6.47. The number of methoxy groups -OCH3 is 2. The van der Waals surface area contributed by atoms with Crippen molar-refractivity contribution in [1.29, 1.82) is 0 Å². The molecule has 0 aliphatic carbocycles. The number of ether oxygens (including phenoxy) is 3. The Morgan fingerprint density at radius 1 is 1.00 bits per heavy atom. The predicted octanol–water partition coefficient (Wildman–Crippen LogP) is 2.08.